The van der Waals surface area contributed by atoms with E-state index in [1.54, 1.807) is 30.6 Å². The molecule has 45 heavy (non-hydrogen) atoms. The van der Waals surface area contributed by atoms with Gasteiger partial charge in [0.15, 0.2) is 11.1 Å². The van der Waals surface area contributed by atoms with Gasteiger partial charge in [-0.15, -0.1) is 0 Å². The maximum absolute atomic E-state index is 15.5. The first kappa shape index (κ1) is 28.8. The Balaban J connectivity index is 1.50. The average Bonchev–Trinajstić information content (AvgIpc) is 3.55. The van der Waals surface area contributed by atoms with Crippen molar-refractivity contribution < 1.29 is 19.1 Å². The second kappa shape index (κ2) is 10.3. The largest absolute Gasteiger partial charge is 0.444 e. The second-order valence-corrected chi connectivity index (χ2v) is 13.0. The fourth-order valence-electron chi connectivity index (χ4n) is 7.45. The van der Waals surface area contributed by atoms with Gasteiger partial charge in [-0.2, -0.15) is 0 Å². The van der Waals surface area contributed by atoms with E-state index in [0.29, 0.717) is 23.4 Å². The Labute approximate surface area is 263 Å². The molecule has 2 atom stereocenters. The molecule has 8 heteroatoms. The van der Waals surface area contributed by atoms with Gasteiger partial charge in [0, 0.05) is 16.8 Å². The fraction of sp³-hybridized carbons (Fsp3) is 0.270. The van der Waals surface area contributed by atoms with Crippen LogP contribution >= 0.6 is 0 Å². The first-order valence-electron chi connectivity index (χ1n) is 15.2. The van der Waals surface area contributed by atoms with E-state index in [1.165, 1.54) is 4.90 Å². The topological polar surface area (TPSA) is 73.4 Å². The molecule has 0 aliphatic carbocycles. The molecular formula is C37H36N4O4. The van der Waals surface area contributed by atoms with Crippen molar-refractivity contribution in [1.82, 2.24) is 9.80 Å². The molecular weight excluding hydrogens is 564 g/mol. The van der Waals surface area contributed by atoms with Crippen LogP contribution in [-0.4, -0.2) is 47.0 Å². The Morgan fingerprint density at radius 2 is 1.09 bits per heavy atom. The SMILES string of the molecule is CN1CN(C(=O)OC(C)(C)C)C2(C(=O)N(Cc3ccccc3)c3ccccc32)C12C(=O)N(Cc1ccccc1)c1ccccc12. The monoisotopic (exact) mass is 600 g/mol. The van der Waals surface area contributed by atoms with Gasteiger partial charge in [0.1, 0.15) is 5.60 Å². The lowest BCUT2D eigenvalue weighted by Gasteiger charge is -2.44. The van der Waals surface area contributed by atoms with Crippen LogP contribution < -0.4 is 9.80 Å². The van der Waals surface area contributed by atoms with Gasteiger partial charge in [0.05, 0.1) is 25.4 Å². The van der Waals surface area contributed by atoms with Crippen molar-refractivity contribution in [1.29, 1.82) is 0 Å². The Bertz CT molecular complexity index is 1800. The molecule has 0 bridgehead atoms. The summed E-state index contributed by atoms with van der Waals surface area (Å²) in [6.07, 6.45) is -0.650. The molecule has 1 saturated heterocycles. The zero-order valence-corrected chi connectivity index (χ0v) is 25.9. The molecule has 3 aliphatic heterocycles. The molecule has 4 aromatic carbocycles. The second-order valence-electron chi connectivity index (χ2n) is 13.0. The highest BCUT2D eigenvalue weighted by molar-refractivity contribution is 6.19. The third kappa shape index (κ3) is 4.05. The van der Waals surface area contributed by atoms with Crippen molar-refractivity contribution in [2.45, 2.75) is 50.5 Å². The van der Waals surface area contributed by atoms with E-state index in [1.807, 2.05) is 121 Å². The summed E-state index contributed by atoms with van der Waals surface area (Å²) in [6.45, 7) is 6.01. The van der Waals surface area contributed by atoms with E-state index in [4.69, 9.17) is 4.74 Å². The molecule has 7 rings (SSSR count). The number of hydrogen-bond donors (Lipinski definition) is 0. The van der Waals surface area contributed by atoms with Crippen molar-refractivity contribution in [2.24, 2.45) is 0 Å². The number of para-hydroxylation sites is 2. The lowest BCUT2D eigenvalue weighted by Crippen LogP contribution is -2.66. The van der Waals surface area contributed by atoms with Crippen molar-refractivity contribution >= 4 is 29.3 Å². The first-order chi connectivity index (χ1) is 21.6. The van der Waals surface area contributed by atoms with Crippen LogP contribution in [0.1, 0.15) is 43.0 Å². The maximum atomic E-state index is 15.5. The summed E-state index contributed by atoms with van der Waals surface area (Å²) in [6, 6.07) is 34.7. The minimum atomic E-state index is -1.74. The van der Waals surface area contributed by atoms with E-state index in [-0.39, 0.29) is 25.0 Å². The number of carbonyl (C=O) groups is 3. The maximum Gasteiger partial charge on any atom is 0.412 e. The fourth-order valence-corrected chi connectivity index (χ4v) is 7.45. The summed E-state index contributed by atoms with van der Waals surface area (Å²) in [7, 11) is 1.82. The van der Waals surface area contributed by atoms with Crippen LogP contribution in [-0.2, 0) is 38.5 Å². The van der Waals surface area contributed by atoms with Crippen molar-refractivity contribution in [3.05, 3.63) is 131 Å². The number of rotatable bonds is 4. The molecule has 0 aromatic heterocycles. The highest BCUT2D eigenvalue weighted by atomic mass is 16.6. The van der Waals surface area contributed by atoms with Crippen molar-refractivity contribution in [3.8, 4) is 0 Å². The Kier molecular flexibility index (Phi) is 6.60. The van der Waals surface area contributed by atoms with Gasteiger partial charge >= 0.3 is 6.09 Å². The number of nitrogens with zero attached hydrogens (tertiary/aromatic N) is 4. The van der Waals surface area contributed by atoms with E-state index < -0.39 is 22.8 Å². The van der Waals surface area contributed by atoms with Crippen LogP contribution in [0.15, 0.2) is 109 Å². The van der Waals surface area contributed by atoms with Crippen LogP contribution in [0.3, 0.4) is 0 Å². The number of carbonyl (C=O) groups excluding carboxylic acids is 3. The van der Waals surface area contributed by atoms with Gasteiger partial charge < -0.3 is 14.5 Å². The lowest BCUT2D eigenvalue weighted by atomic mass is 9.69. The number of likely N-dealkylation sites (N-methyl/N-ethyl adjacent to an activating group) is 1. The number of ether oxygens (including phenoxy) is 1. The Hall–Kier alpha value is -4.95. The number of amides is 3. The summed E-state index contributed by atoms with van der Waals surface area (Å²) in [5.41, 5.74) is 0.439. The zero-order valence-electron chi connectivity index (χ0n) is 25.9. The third-order valence-corrected chi connectivity index (χ3v) is 9.11. The Morgan fingerprint density at radius 3 is 1.58 bits per heavy atom. The number of benzene rings is 4. The van der Waals surface area contributed by atoms with Crippen molar-refractivity contribution in [2.75, 3.05) is 23.5 Å². The minimum absolute atomic E-state index is 0.00736. The highest BCUT2D eigenvalue weighted by Crippen LogP contribution is 2.64. The van der Waals surface area contributed by atoms with Crippen LogP contribution in [0.2, 0.25) is 0 Å². The average molecular weight is 601 g/mol. The zero-order chi connectivity index (χ0) is 31.6. The molecule has 0 saturated carbocycles. The van der Waals surface area contributed by atoms with Crippen LogP contribution in [0, 0.1) is 0 Å². The van der Waals surface area contributed by atoms with Crippen LogP contribution in [0.5, 0.6) is 0 Å². The molecule has 3 aliphatic rings. The number of hydrogen-bond acceptors (Lipinski definition) is 5. The van der Waals surface area contributed by atoms with E-state index in [9.17, 15) is 4.79 Å². The van der Waals surface area contributed by atoms with Gasteiger partial charge in [-0.05, 0) is 51.1 Å². The van der Waals surface area contributed by atoms with E-state index in [0.717, 1.165) is 16.8 Å². The molecule has 3 amide bonds. The van der Waals surface area contributed by atoms with E-state index in [2.05, 4.69) is 0 Å². The predicted molar refractivity (Wildman–Crippen MR) is 172 cm³/mol. The van der Waals surface area contributed by atoms with Crippen molar-refractivity contribution in [3.63, 3.8) is 0 Å². The van der Waals surface area contributed by atoms with Gasteiger partial charge in [0.25, 0.3) is 11.8 Å². The standard InChI is InChI=1S/C37H36N4O4/c1-35(2,3)45-34(44)41-25-38(4)36(28-19-11-13-21-30(28)39(32(36)42)23-26-15-7-5-8-16-26)37(41)29-20-12-14-22-31(29)40(33(37)43)24-27-17-9-6-10-18-27/h5-22H,23-25H2,1-4H3. The Morgan fingerprint density at radius 1 is 0.667 bits per heavy atom. The highest BCUT2D eigenvalue weighted by Gasteiger charge is 2.79. The van der Waals surface area contributed by atoms with Gasteiger partial charge in [-0.1, -0.05) is 97.1 Å². The summed E-state index contributed by atoms with van der Waals surface area (Å²) >= 11 is 0. The summed E-state index contributed by atoms with van der Waals surface area (Å²) < 4.78 is 5.99. The first-order valence-corrected chi connectivity index (χ1v) is 15.2. The van der Waals surface area contributed by atoms with E-state index >= 15 is 9.59 Å². The molecule has 2 unspecified atom stereocenters. The molecule has 8 nitrogen and oxygen atoms in total. The molecule has 228 valence electrons. The normalized spacial score (nSPS) is 22.4. The van der Waals surface area contributed by atoms with Crippen LogP contribution in [0.4, 0.5) is 16.2 Å². The minimum Gasteiger partial charge on any atom is -0.444 e. The quantitative estimate of drug-likeness (QED) is 0.287. The van der Waals surface area contributed by atoms with Gasteiger partial charge in [-0.25, -0.2) is 4.79 Å². The summed E-state index contributed by atoms with van der Waals surface area (Å²) in [4.78, 5) is 52.0. The van der Waals surface area contributed by atoms with Crippen LogP contribution in [0.25, 0.3) is 0 Å². The smallest absolute Gasteiger partial charge is 0.412 e. The van der Waals surface area contributed by atoms with Gasteiger partial charge in [-0.3, -0.25) is 19.4 Å². The lowest BCUT2D eigenvalue weighted by molar-refractivity contribution is -0.142. The molecule has 4 aromatic rings. The molecule has 3 heterocycles. The predicted octanol–water partition coefficient (Wildman–Crippen LogP) is 6.01. The van der Waals surface area contributed by atoms with Gasteiger partial charge in [0.2, 0.25) is 0 Å². The molecule has 2 spiro atoms. The number of anilines is 2. The summed E-state index contributed by atoms with van der Waals surface area (Å²) in [5.74, 6) is -0.599. The molecule has 1 fully saturated rings. The number of fused-ring (bicyclic) bond motifs is 5. The third-order valence-electron chi connectivity index (χ3n) is 9.11. The molecule has 0 N–H and O–H groups in total. The molecule has 0 radical (unpaired) electrons. The summed E-state index contributed by atoms with van der Waals surface area (Å²) in [5, 5.41) is 0.